The van der Waals surface area contributed by atoms with Gasteiger partial charge in [-0.3, -0.25) is 4.98 Å². The van der Waals surface area contributed by atoms with Crippen molar-refractivity contribution >= 4 is 18.7 Å². The van der Waals surface area contributed by atoms with E-state index in [1.54, 1.807) is 6.20 Å². The highest BCUT2D eigenvalue weighted by molar-refractivity contribution is 6.62. The lowest BCUT2D eigenvalue weighted by Gasteiger charge is -2.32. The number of benzene rings is 1. The first-order valence-corrected chi connectivity index (χ1v) is 10.7. The molecule has 1 aromatic heterocycles. The zero-order chi connectivity index (χ0) is 23.0. The molecule has 1 aromatic carbocycles. The van der Waals surface area contributed by atoms with E-state index in [0.717, 1.165) is 22.2 Å². The Morgan fingerprint density at radius 3 is 2.16 bits per heavy atom. The van der Waals surface area contributed by atoms with Gasteiger partial charge in [0.2, 0.25) is 0 Å². The highest BCUT2D eigenvalue weighted by Gasteiger charge is 2.51. The number of rotatable bonds is 4. The molecular formula is C24H33BN2O4. The van der Waals surface area contributed by atoms with Crippen molar-refractivity contribution in [2.24, 2.45) is 0 Å². The highest BCUT2D eigenvalue weighted by atomic mass is 16.7. The average molecular weight is 424 g/mol. The fourth-order valence-corrected chi connectivity index (χ4v) is 3.26. The van der Waals surface area contributed by atoms with E-state index in [-0.39, 0.29) is 6.04 Å². The summed E-state index contributed by atoms with van der Waals surface area (Å²) in [7, 11) is -0.449. The van der Waals surface area contributed by atoms with E-state index < -0.39 is 30.0 Å². The number of aromatic nitrogens is 1. The number of nitrogens with one attached hydrogen (secondary N) is 1. The van der Waals surface area contributed by atoms with Crippen LogP contribution in [0, 0.1) is 0 Å². The van der Waals surface area contributed by atoms with Gasteiger partial charge in [-0.05, 0) is 72.1 Å². The molecule has 0 spiro atoms. The van der Waals surface area contributed by atoms with E-state index in [2.05, 4.69) is 10.3 Å². The van der Waals surface area contributed by atoms with Gasteiger partial charge < -0.3 is 19.4 Å². The van der Waals surface area contributed by atoms with Gasteiger partial charge >= 0.3 is 13.2 Å². The molecule has 3 rings (SSSR count). The van der Waals surface area contributed by atoms with Crippen LogP contribution >= 0.6 is 0 Å². The molecule has 2 aromatic rings. The summed E-state index contributed by atoms with van der Waals surface area (Å²) in [6.07, 6.45) is 3.18. The summed E-state index contributed by atoms with van der Waals surface area (Å²) in [5.41, 5.74) is 2.57. The van der Waals surface area contributed by atoms with E-state index in [0.29, 0.717) is 0 Å². The van der Waals surface area contributed by atoms with Gasteiger partial charge in [-0.2, -0.15) is 0 Å². The first-order valence-electron chi connectivity index (χ1n) is 10.7. The van der Waals surface area contributed by atoms with Gasteiger partial charge in [0, 0.05) is 17.9 Å². The number of pyridine rings is 1. The topological polar surface area (TPSA) is 69.7 Å². The van der Waals surface area contributed by atoms with Crippen molar-refractivity contribution in [1.29, 1.82) is 0 Å². The van der Waals surface area contributed by atoms with Gasteiger partial charge in [0.1, 0.15) is 5.60 Å². The maximum Gasteiger partial charge on any atom is 0.496 e. The maximum absolute atomic E-state index is 12.0. The van der Waals surface area contributed by atoms with E-state index in [1.807, 2.05) is 91.9 Å². The van der Waals surface area contributed by atoms with Gasteiger partial charge in [0.15, 0.2) is 0 Å². The predicted octanol–water partition coefficient (Wildman–Crippen LogP) is 4.63. The summed E-state index contributed by atoms with van der Waals surface area (Å²) < 4.78 is 17.6. The van der Waals surface area contributed by atoms with Gasteiger partial charge in [0.05, 0.1) is 17.2 Å². The second-order valence-corrected chi connectivity index (χ2v) is 10.1. The number of amides is 1. The molecular weight excluding hydrogens is 391 g/mol. The lowest BCUT2D eigenvalue weighted by Crippen LogP contribution is -2.41. The number of nitrogens with zero attached hydrogens (tertiary/aromatic N) is 1. The van der Waals surface area contributed by atoms with Gasteiger partial charge in [-0.1, -0.05) is 30.3 Å². The summed E-state index contributed by atoms with van der Waals surface area (Å²) >= 11 is 0. The Balaban J connectivity index is 1.72. The molecule has 31 heavy (non-hydrogen) atoms. The summed E-state index contributed by atoms with van der Waals surface area (Å²) in [5, 5.41) is 2.87. The van der Waals surface area contributed by atoms with Crippen LogP contribution in [0.15, 0.2) is 42.7 Å². The van der Waals surface area contributed by atoms with E-state index in [1.165, 1.54) is 0 Å². The summed E-state index contributed by atoms with van der Waals surface area (Å²) in [5.74, 6) is 0. The number of hydrogen-bond donors (Lipinski definition) is 1. The Bertz CT molecular complexity index is 919. The molecule has 1 aliphatic heterocycles. The first kappa shape index (κ1) is 23.3. The molecule has 6 nitrogen and oxygen atoms in total. The molecule has 1 aliphatic rings. The zero-order valence-corrected chi connectivity index (χ0v) is 19.8. The van der Waals surface area contributed by atoms with Crippen LogP contribution in [0.3, 0.4) is 0 Å². The number of alkyl carbamates (subject to hydrolysis) is 1. The largest absolute Gasteiger partial charge is 0.496 e. The normalized spacial score (nSPS) is 18.5. The van der Waals surface area contributed by atoms with Gasteiger partial charge in [0.25, 0.3) is 0 Å². The molecule has 1 atom stereocenters. The number of hydrogen-bond acceptors (Lipinski definition) is 5. The van der Waals surface area contributed by atoms with Crippen LogP contribution in [0.1, 0.15) is 67.0 Å². The Morgan fingerprint density at radius 1 is 1.03 bits per heavy atom. The molecule has 1 saturated heterocycles. The zero-order valence-electron chi connectivity index (χ0n) is 19.8. The number of carbonyl (C=O) groups is 1. The Kier molecular flexibility index (Phi) is 6.22. The minimum absolute atomic E-state index is 0.168. The van der Waals surface area contributed by atoms with Crippen molar-refractivity contribution in [1.82, 2.24) is 10.3 Å². The van der Waals surface area contributed by atoms with E-state index in [4.69, 9.17) is 14.0 Å². The van der Waals surface area contributed by atoms with Crippen LogP contribution in [-0.4, -0.2) is 35.0 Å². The predicted molar refractivity (Wildman–Crippen MR) is 123 cm³/mol. The molecule has 1 fully saturated rings. The minimum Gasteiger partial charge on any atom is -0.444 e. The molecule has 0 bridgehead atoms. The van der Waals surface area contributed by atoms with Crippen LogP contribution in [0.2, 0.25) is 0 Å². The molecule has 1 amide bonds. The second-order valence-electron chi connectivity index (χ2n) is 10.1. The van der Waals surface area contributed by atoms with E-state index in [9.17, 15) is 4.79 Å². The third-order valence-corrected chi connectivity index (χ3v) is 5.76. The lowest BCUT2D eigenvalue weighted by molar-refractivity contribution is 0.00578. The van der Waals surface area contributed by atoms with Gasteiger partial charge in [-0.25, -0.2) is 4.79 Å². The summed E-state index contributed by atoms with van der Waals surface area (Å²) in [6, 6.07) is 9.92. The van der Waals surface area contributed by atoms with Crippen molar-refractivity contribution in [3.05, 3.63) is 48.3 Å². The number of carbonyl (C=O) groups excluding carboxylic acids is 1. The minimum atomic E-state index is -0.525. The van der Waals surface area contributed by atoms with Crippen molar-refractivity contribution in [2.75, 3.05) is 0 Å². The molecule has 0 radical (unpaired) electrons. The van der Waals surface area contributed by atoms with Crippen LogP contribution < -0.4 is 10.8 Å². The van der Waals surface area contributed by atoms with Crippen molar-refractivity contribution < 1.29 is 18.8 Å². The average Bonchev–Trinajstić information content (AvgIpc) is 2.88. The lowest BCUT2D eigenvalue weighted by atomic mass is 9.79. The SMILES string of the molecule is CC(NC(=O)OC(C)(C)C)c1ccc(-c2cncc(B3OC(C)(C)C(C)(C)O3)c2)cc1. The quantitative estimate of drug-likeness (QED) is 0.725. The fraction of sp³-hybridized carbons (Fsp3) is 0.500. The summed E-state index contributed by atoms with van der Waals surface area (Å²) in [4.78, 5) is 16.4. The standard InChI is InChI=1S/C24H33BN2O4/c1-16(27-21(28)29-22(2,3)4)17-9-11-18(12-10-17)19-13-20(15-26-14-19)25-30-23(5,6)24(7,8)31-25/h9-16H,1-8H3,(H,27,28). The van der Waals surface area contributed by atoms with Crippen LogP contribution in [0.4, 0.5) is 4.79 Å². The molecule has 0 aliphatic carbocycles. The second kappa shape index (κ2) is 8.28. The molecule has 7 heteroatoms. The monoisotopic (exact) mass is 424 g/mol. The maximum atomic E-state index is 12.0. The van der Waals surface area contributed by atoms with Crippen LogP contribution in [-0.2, 0) is 14.0 Å². The molecule has 0 saturated carbocycles. The molecule has 166 valence electrons. The molecule has 1 N–H and O–H groups in total. The third kappa shape index (κ3) is 5.46. The first-order chi connectivity index (χ1) is 14.3. The highest BCUT2D eigenvalue weighted by Crippen LogP contribution is 2.36. The number of ether oxygens (including phenoxy) is 1. The smallest absolute Gasteiger partial charge is 0.444 e. The molecule has 2 heterocycles. The van der Waals surface area contributed by atoms with Crippen LogP contribution in [0.25, 0.3) is 11.1 Å². The third-order valence-electron chi connectivity index (χ3n) is 5.76. The Hall–Kier alpha value is -2.38. The Morgan fingerprint density at radius 2 is 1.61 bits per heavy atom. The van der Waals surface area contributed by atoms with Crippen molar-refractivity contribution in [3.63, 3.8) is 0 Å². The van der Waals surface area contributed by atoms with Crippen molar-refractivity contribution in [3.8, 4) is 11.1 Å². The van der Waals surface area contributed by atoms with Gasteiger partial charge in [-0.15, -0.1) is 0 Å². The van der Waals surface area contributed by atoms with Crippen LogP contribution in [0.5, 0.6) is 0 Å². The molecule has 1 unspecified atom stereocenters. The van der Waals surface area contributed by atoms with E-state index >= 15 is 0 Å². The fourth-order valence-electron chi connectivity index (χ4n) is 3.26. The summed E-state index contributed by atoms with van der Waals surface area (Å²) in [6.45, 7) is 15.6. The van der Waals surface area contributed by atoms with Crippen molar-refractivity contribution in [2.45, 2.75) is 78.2 Å². The Labute approximate surface area is 185 Å².